The molecule has 0 amide bonds. The molecule has 122 valence electrons. The van der Waals surface area contributed by atoms with Gasteiger partial charge < -0.3 is 4.74 Å². The third-order valence-corrected chi connectivity index (χ3v) is 5.86. The number of carbonyl (C=O) groups is 1. The van der Waals surface area contributed by atoms with E-state index in [4.69, 9.17) is 4.74 Å². The molecule has 1 aliphatic rings. The van der Waals surface area contributed by atoms with Crippen LogP contribution < -0.4 is 0 Å². The zero-order valence-electron chi connectivity index (χ0n) is 13.1. The van der Waals surface area contributed by atoms with Crippen LogP contribution in [0.5, 0.6) is 0 Å². The Bertz CT molecular complexity index is 627. The molecule has 6 heteroatoms. The topological polar surface area (TPSA) is 63.7 Å². The molecular weight excluding hydrogens is 302 g/mol. The van der Waals surface area contributed by atoms with Gasteiger partial charge in [0.1, 0.15) is 6.04 Å². The summed E-state index contributed by atoms with van der Waals surface area (Å²) in [6.07, 6.45) is 2.58. The van der Waals surface area contributed by atoms with Crippen molar-refractivity contribution in [2.75, 3.05) is 19.4 Å². The average molecular weight is 325 g/mol. The molecule has 2 rings (SSSR count). The standard InChI is InChI=1S/C16H23NO4S/c1-3-4-8-14(16(18)21-2)17-10-11-22(19,20)15-9-6-5-7-13(15)12-17/h5-7,9,14H,3-4,8,10-12H2,1-2H3. The van der Waals surface area contributed by atoms with Gasteiger partial charge in [0.2, 0.25) is 0 Å². The van der Waals surface area contributed by atoms with Crippen LogP contribution in [0.25, 0.3) is 0 Å². The van der Waals surface area contributed by atoms with E-state index in [2.05, 4.69) is 6.92 Å². The van der Waals surface area contributed by atoms with Gasteiger partial charge in [-0.3, -0.25) is 9.69 Å². The summed E-state index contributed by atoms with van der Waals surface area (Å²) in [5, 5.41) is 0. The molecule has 1 aliphatic heterocycles. The van der Waals surface area contributed by atoms with Crippen molar-refractivity contribution in [3.8, 4) is 0 Å². The van der Waals surface area contributed by atoms with E-state index in [1.807, 2.05) is 17.0 Å². The number of sulfone groups is 1. The lowest BCUT2D eigenvalue weighted by Gasteiger charge is -2.28. The highest BCUT2D eigenvalue weighted by atomic mass is 32.2. The van der Waals surface area contributed by atoms with Crippen molar-refractivity contribution in [2.24, 2.45) is 0 Å². The van der Waals surface area contributed by atoms with Crippen LogP contribution in [0.2, 0.25) is 0 Å². The number of unbranched alkanes of at least 4 members (excludes halogenated alkanes) is 1. The third kappa shape index (κ3) is 3.67. The molecule has 1 heterocycles. The molecule has 0 saturated heterocycles. The smallest absolute Gasteiger partial charge is 0.323 e. The van der Waals surface area contributed by atoms with Gasteiger partial charge in [-0.05, 0) is 18.1 Å². The van der Waals surface area contributed by atoms with Crippen LogP contribution >= 0.6 is 0 Å². The number of hydrogen-bond donors (Lipinski definition) is 0. The van der Waals surface area contributed by atoms with E-state index in [1.165, 1.54) is 7.11 Å². The Morgan fingerprint density at radius 1 is 1.36 bits per heavy atom. The zero-order chi connectivity index (χ0) is 16.2. The van der Waals surface area contributed by atoms with E-state index in [0.717, 1.165) is 18.4 Å². The van der Waals surface area contributed by atoms with Gasteiger partial charge in [-0.1, -0.05) is 38.0 Å². The van der Waals surface area contributed by atoms with Crippen molar-refractivity contribution in [2.45, 2.75) is 43.7 Å². The molecule has 0 radical (unpaired) electrons. The van der Waals surface area contributed by atoms with Crippen LogP contribution in [-0.4, -0.2) is 44.7 Å². The normalized spacial score (nSPS) is 19.0. The SMILES string of the molecule is CCCCC(C(=O)OC)N1CCS(=O)(=O)c2ccccc2C1. The lowest BCUT2D eigenvalue weighted by atomic mass is 10.1. The fraction of sp³-hybridized carbons (Fsp3) is 0.562. The highest BCUT2D eigenvalue weighted by Gasteiger charge is 2.32. The molecule has 0 saturated carbocycles. The van der Waals surface area contributed by atoms with Crippen LogP contribution in [0.3, 0.4) is 0 Å². The van der Waals surface area contributed by atoms with E-state index in [0.29, 0.717) is 24.4 Å². The second-order valence-electron chi connectivity index (χ2n) is 5.58. The summed E-state index contributed by atoms with van der Waals surface area (Å²) in [7, 11) is -1.91. The lowest BCUT2D eigenvalue weighted by Crippen LogP contribution is -2.42. The quantitative estimate of drug-likeness (QED) is 0.775. The summed E-state index contributed by atoms with van der Waals surface area (Å²) in [5.74, 6) is -0.255. The Morgan fingerprint density at radius 2 is 2.09 bits per heavy atom. The zero-order valence-corrected chi connectivity index (χ0v) is 13.9. The summed E-state index contributed by atoms with van der Waals surface area (Å²) >= 11 is 0. The van der Waals surface area contributed by atoms with Gasteiger partial charge in [-0.2, -0.15) is 0 Å². The van der Waals surface area contributed by atoms with E-state index >= 15 is 0 Å². The highest BCUT2D eigenvalue weighted by molar-refractivity contribution is 7.91. The number of nitrogens with zero attached hydrogens (tertiary/aromatic N) is 1. The molecule has 1 aromatic carbocycles. The maximum absolute atomic E-state index is 12.4. The highest BCUT2D eigenvalue weighted by Crippen LogP contribution is 2.25. The van der Waals surface area contributed by atoms with E-state index in [1.54, 1.807) is 12.1 Å². The Hall–Kier alpha value is -1.40. The average Bonchev–Trinajstić information content (AvgIpc) is 2.65. The minimum absolute atomic E-state index is 0.0314. The molecule has 0 aromatic heterocycles. The van der Waals surface area contributed by atoms with Crippen LogP contribution in [0, 0.1) is 0 Å². The number of benzene rings is 1. The summed E-state index contributed by atoms with van der Waals surface area (Å²) in [5.41, 5.74) is 0.755. The predicted molar refractivity (Wildman–Crippen MR) is 84.2 cm³/mol. The van der Waals surface area contributed by atoms with Gasteiger partial charge in [0.15, 0.2) is 9.84 Å². The number of carbonyl (C=O) groups excluding carboxylic acids is 1. The van der Waals surface area contributed by atoms with Crippen molar-refractivity contribution < 1.29 is 17.9 Å². The minimum Gasteiger partial charge on any atom is -0.468 e. The Labute approximate surface area is 132 Å². The minimum atomic E-state index is -3.29. The first-order chi connectivity index (χ1) is 10.5. The third-order valence-electron chi connectivity index (χ3n) is 4.07. The molecule has 1 aromatic rings. The second kappa shape index (κ2) is 7.24. The summed E-state index contributed by atoms with van der Waals surface area (Å²) in [6, 6.07) is 6.65. The molecule has 0 bridgehead atoms. The first-order valence-corrected chi connectivity index (χ1v) is 9.27. The molecular formula is C16H23NO4S. The monoisotopic (exact) mass is 325 g/mol. The fourth-order valence-electron chi connectivity index (χ4n) is 2.83. The van der Waals surface area contributed by atoms with Gasteiger partial charge >= 0.3 is 5.97 Å². The fourth-order valence-corrected chi connectivity index (χ4v) is 4.34. The number of fused-ring (bicyclic) bond motifs is 1. The maximum atomic E-state index is 12.4. The largest absolute Gasteiger partial charge is 0.468 e. The number of esters is 1. The van der Waals surface area contributed by atoms with Gasteiger partial charge in [0, 0.05) is 13.1 Å². The van der Waals surface area contributed by atoms with Crippen LogP contribution in [0.4, 0.5) is 0 Å². The van der Waals surface area contributed by atoms with Crippen LogP contribution in [0.1, 0.15) is 31.7 Å². The van der Waals surface area contributed by atoms with E-state index in [9.17, 15) is 13.2 Å². The van der Waals surface area contributed by atoms with Crippen molar-refractivity contribution in [3.63, 3.8) is 0 Å². The van der Waals surface area contributed by atoms with E-state index < -0.39 is 9.84 Å². The molecule has 1 unspecified atom stereocenters. The number of rotatable bonds is 5. The first kappa shape index (κ1) is 17.0. The van der Waals surface area contributed by atoms with Crippen LogP contribution in [0.15, 0.2) is 29.2 Å². The summed E-state index contributed by atoms with van der Waals surface area (Å²) in [4.78, 5) is 14.4. The van der Waals surface area contributed by atoms with Crippen molar-refractivity contribution >= 4 is 15.8 Å². The lowest BCUT2D eigenvalue weighted by molar-refractivity contribution is -0.147. The molecule has 0 fully saturated rings. The Balaban J connectivity index is 2.31. The van der Waals surface area contributed by atoms with Gasteiger partial charge in [0.05, 0.1) is 17.8 Å². The Kier molecular flexibility index (Phi) is 5.58. The second-order valence-corrected chi connectivity index (χ2v) is 7.66. The number of hydrogen-bond acceptors (Lipinski definition) is 5. The van der Waals surface area contributed by atoms with Crippen molar-refractivity contribution in [3.05, 3.63) is 29.8 Å². The van der Waals surface area contributed by atoms with Gasteiger partial charge in [-0.25, -0.2) is 8.42 Å². The first-order valence-electron chi connectivity index (χ1n) is 7.62. The number of methoxy groups -OCH3 is 1. The molecule has 22 heavy (non-hydrogen) atoms. The molecule has 0 N–H and O–H groups in total. The van der Waals surface area contributed by atoms with Gasteiger partial charge in [-0.15, -0.1) is 0 Å². The summed E-state index contributed by atoms with van der Waals surface area (Å²) < 4.78 is 29.7. The predicted octanol–water partition coefficient (Wildman–Crippen LogP) is 2.01. The van der Waals surface area contributed by atoms with Crippen LogP contribution in [-0.2, 0) is 25.9 Å². The van der Waals surface area contributed by atoms with Crippen molar-refractivity contribution in [1.82, 2.24) is 4.90 Å². The van der Waals surface area contributed by atoms with E-state index in [-0.39, 0.29) is 17.8 Å². The molecule has 0 aliphatic carbocycles. The molecule has 0 spiro atoms. The molecule has 5 nitrogen and oxygen atoms in total. The number of ether oxygens (including phenoxy) is 1. The van der Waals surface area contributed by atoms with Crippen molar-refractivity contribution in [1.29, 1.82) is 0 Å². The van der Waals surface area contributed by atoms with Gasteiger partial charge in [0.25, 0.3) is 0 Å². The Morgan fingerprint density at radius 3 is 2.77 bits per heavy atom. The maximum Gasteiger partial charge on any atom is 0.323 e. The summed E-state index contributed by atoms with van der Waals surface area (Å²) in [6.45, 7) is 2.87. The molecule has 1 atom stereocenters.